The summed E-state index contributed by atoms with van der Waals surface area (Å²) in [7, 11) is 0. The summed E-state index contributed by atoms with van der Waals surface area (Å²) < 4.78 is 1.04. The Balaban J connectivity index is 2.94. The highest BCUT2D eigenvalue weighted by molar-refractivity contribution is 9.10. The summed E-state index contributed by atoms with van der Waals surface area (Å²) in [6.45, 7) is 6.30. The van der Waals surface area contributed by atoms with Crippen molar-refractivity contribution in [3.63, 3.8) is 0 Å². The lowest BCUT2D eigenvalue weighted by Crippen LogP contribution is -2.11. The fraction of sp³-hybridized carbons (Fsp3) is 0.538. The SMILES string of the molecule is CCC(CC)C(O)c1cc(C)cc(Br)c1. The van der Waals surface area contributed by atoms with Crippen molar-refractivity contribution < 1.29 is 5.11 Å². The van der Waals surface area contributed by atoms with Gasteiger partial charge in [-0.15, -0.1) is 0 Å². The quantitative estimate of drug-likeness (QED) is 0.869. The Labute approximate surface area is 101 Å². The molecule has 1 aromatic rings. The van der Waals surface area contributed by atoms with Crippen LogP contribution in [-0.2, 0) is 0 Å². The molecular formula is C13H19BrO. The summed E-state index contributed by atoms with van der Waals surface area (Å²) >= 11 is 3.46. The fourth-order valence-corrected chi connectivity index (χ4v) is 2.57. The average molecular weight is 271 g/mol. The highest BCUT2D eigenvalue weighted by Crippen LogP contribution is 2.29. The normalized spacial score (nSPS) is 13.2. The van der Waals surface area contributed by atoms with Crippen molar-refractivity contribution in [3.8, 4) is 0 Å². The molecule has 1 atom stereocenters. The summed E-state index contributed by atoms with van der Waals surface area (Å²) in [5.74, 6) is 0.360. The van der Waals surface area contributed by atoms with Gasteiger partial charge in [-0.1, -0.05) is 48.7 Å². The lowest BCUT2D eigenvalue weighted by Gasteiger charge is -2.21. The Morgan fingerprint density at radius 2 is 1.80 bits per heavy atom. The van der Waals surface area contributed by atoms with Crippen LogP contribution >= 0.6 is 15.9 Å². The van der Waals surface area contributed by atoms with Crippen LogP contribution in [0.1, 0.15) is 43.9 Å². The van der Waals surface area contributed by atoms with Crippen molar-refractivity contribution >= 4 is 15.9 Å². The van der Waals surface area contributed by atoms with E-state index < -0.39 is 0 Å². The van der Waals surface area contributed by atoms with Crippen molar-refractivity contribution in [2.45, 2.75) is 39.7 Å². The molecule has 15 heavy (non-hydrogen) atoms. The predicted molar refractivity (Wildman–Crippen MR) is 67.9 cm³/mol. The van der Waals surface area contributed by atoms with Crippen LogP contribution in [0, 0.1) is 12.8 Å². The van der Waals surface area contributed by atoms with Gasteiger partial charge in [0.1, 0.15) is 0 Å². The Bertz CT molecular complexity index is 298. The van der Waals surface area contributed by atoms with E-state index in [4.69, 9.17) is 0 Å². The van der Waals surface area contributed by atoms with E-state index in [9.17, 15) is 5.11 Å². The lowest BCUT2D eigenvalue weighted by molar-refractivity contribution is 0.103. The number of aliphatic hydroxyl groups excluding tert-OH is 1. The van der Waals surface area contributed by atoms with E-state index in [-0.39, 0.29) is 6.10 Å². The molecule has 0 aliphatic carbocycles. The molecule has 0 saturated heterocycles. The van der Waals surface area contributed by atoms with E-state index >= 15 is 0 Å². The molecule has 2 heteroatoms. The average Bonchev–Trinajstić information content (AvgIpc) is 2.18. The third-order valence-corrected chi connectivity index (χ3v) is 3.36. The first-order valence-electron chi connectivity index (χ1n) is 5.53. The van der Waals surface area contributed by atoms with Gasteiger partial charge in [0.2, 0.25) is 0 Å². The molecule has 1 nitrogen and oxygen atoms in total. The van der Waals surface area contributed by atoms with Gasteiger partial charge >= 0.3 is 0 Å². The van der Waals surface area contributed by atoms with E-state index in [1.54, 1.807) is 0 Å². The van der Waals surface area contributed by atoms with Gasteiger partial charge in [-0.05, 0) is 36.1 Å². The summed E-state index contributed by atoms with van der Waals surface area (Å²) in [5, 5.41) is 10.2. The second kappa shape index (κ2) is 5.66. The van der Waals surface area contributed by atoms with Crippen LogP contribution in [0.4, 0.5) is 0 Å². The summed E-state index contributed by atoms with van der Waals surface area (Å²) in [6, 6.07) is 6.13. The Kier molecular flexibility index (Phi) is 4.81. The van der Waals surface area contributed by atoms with Gasteiger partial charge in [0, 0.05) is 4.47 Å². The third kappa shape index (κ3) is 3.32. The zero-order chi connectivity index (χ0) is 11.4. The molecule has 1 N–H and O–H groups in total. The molecule has 0 radical (unpaired) electrons. The van der Waals surface area contributed by atoms with Crippen LogP contribution in [-0.4, -0.2) is 5.11 Å². The number of aliphatic hydroxyl groups is 1. The molecule has 0 aliphatic heterocycles. The maximum absolute atomic E-state index is 10.2. The molecule has 1 unspecified atom stereocenters. The van der Waals surface area contributed by atoms with Crippen LogP contribution in [0.2, 0.25) is 0 Å². The first kappa shape index (κ1) is 12.7. The van der Waals surface area contributed by atoms with Gasteiger partial charge in [-0.2, -0.15) is 0 Å². The monoisotopic (exact) mass is 270 g/mol. The first-order valence-corrected chi connectivity index (χ1v) is 6.32. The molecule has 0 bridgehead atoms. The van der Waals surface area contributed by atoms with Crippen LogP contribution in [0.5, 0.6) is 0 Å². The van der Waals surface area contributed by atoms with Crippen molar-refractivity contribution in [1.82, 2.24) is 0 Å². The summed E-state index contributed by atoms with van der Waals surface area (Å²) in [5.41, 5.74) is 2.21. The highest BCUT2D eigenvalue weighted by Gasteiger charge is 2.17. The van der Waals surface area contributed by atoms with Gasteiger partial charge in [0.15, 0.2) is 0 Å². The molecule has 0 saturated carbocycles. The molecule has 0 fully saturated rings. The van der Waals surface area contributed by atoms with Crippen molar-refractivity contribution in [1.29, 1.82) is 0 Å². The van der Waals surface area contributed by atoms with E-state index in [0.717, 1.165) is 22.9 Å². The van der Waals surface area contributed by atoms with E-state index in [1.165, 1.54) is 5.56 Å². The molecule has 0 aromatic heterocycles. The minimum absolute atomic E-state index is 0.337. The van der Waals surface area contributed by atoms with Gasteiger partial charge in [0.25, 0.3) is 0 Å². The largest absolute Gasteiger partial charge is 0.388 e. The zero-order valence-corrected chi connectivity index (χ0v) is 11.2. The zero-order valence-electron chi connectivity index (χ0n) is 9.63. The van der Waals surface area contributed by atoms with Crippen LogP contribution < -0.4 is 0 Å². The molecule has 1 aromatic carbocycles. The molecule has 0 amide bonds. The van der Waals surface area contributed by atoms with Crippen molar-refractivity contribution in [2.24, 2.45) is 5.92 Å². The third-order valence-electron chi connectivity index (χ3n) is 2.90. The minimum Gasteiger partial charge on any atom is -0.388 e. The molecule has 1 rings (SSSR count). The van der Waals surface area contributed by atoms with Crippen LogP contribution in [0.25, 0.3) is 0 Å². The molecular weight excluding hydrogens is 252 g/mol. The standard InChI is InChI=1S/C13H19BrO/c1-4-10(5-2)13(15)11-6-9(3)7-12(14)8-11/h6-8,10,13,15H,4-5H2,1-3H3. The van der Waals surface area contributed by atoms with Crippen LogP contribution in [0.15, 0.2) is 22.7 Å². The maximum Gasteiger partial charge on any atom is 0.0818 e. The van der Waals surface area contributed by atoms with Crippen molar-refractivity contribution in [2.75, 3.05) is 0 Å². The Hall–Kier alpha value is -0.340. The second-order valence-electron chi connectivity index (χ2n) is 4.08. The molecule has 0 heterocycles. The second-order valence-corrected chi connectivity index (χ2v) is 5.00. The number of aryl methyl sites for hydroxylation is 1. The summed E-state index contributed by atoms with van der Waals surface area (Å²) in [6.07, 6.45) is 1.70. The topological polar surface area (TPSA) is 20.2 Å². The fourth-order valence-electron chi connectivity index (χ4n) is 1.94. The predicted octanol–water partition coefficient (Wildman–Crippen LogP) is 4.23. The van der Waals surface area contributed by atoms with Gasteiger partial charge in [0.05, 0.1) is 6.10 Å². The molecule has 0 aliphatic rings. The van der Waals surface area contributed by atoms with Crippen molar-refractivity contribution in [3.05, 3.63) is 33.8 Å². The number of hydrogen-bond donors (Lipinski definition) is 1. The summed E-state index contributed by atoms with van der Waals surface area (Å²) in [4.78, 5) is 0. The molecule has 0 spiro atoms. The Morgan fingerprint density at radius 1 is 1.20 bits per heavy atom. The number of halogens is 1. The van der Waals surface area contributed by atoms with E-state index in [1.807, 2.05) is 13.0 Å². The lowest BCUT2D eigenvalue weighted by atomic mass is 9.91. The van der Waals surface area contributed by atoms with Gasteiger partial charge in [-0.25, -0.2) is 0 Å². The highest BCUT2D eigenvalue weighted by atomic mass is 79.9. The molecule has 84 valence electrons. The first-order chi connectivity index (χ1) is 7.08. The number of rotatable bonds is 4. The Morgan fingerprint density at radius 3 is 2.27 bits per heavy atom. The number of hydrogen-bond acceptors (Lipinski definition) is 1. The smallest absolute Gasteiger partial charge is 0.0818 e. The number of benzene rings is 1. The van der Waals surface area contributed by atoms with E-state index in [2.05, 4.69) is 41.9 Å². The maximum atomic E-state index is 10.2. The van der Waals surface area contributed by atoms with Crippen LogP contribution in [0.3, 0.4) is 0 Å². The van der Waals surface area contributed by atoms with Gasteiger partial charge < -0.3 is 5.11 Å². The minimum atomic E-state index is -0.337. The van der Waals surface area contributed by atoms with E-state index in [0.29, 0.717) is 5.92 Å². The van der Waals surface area contributed by atoms with Gasteiger partial charge in [-0.3, -0.25) is 0 Å².